The molecule has 0 fully saturated rings. The predicted octanol–water partition coefficient (Wildman–Crippen LogP) is 2.88. The average molecular weight is 281 g/mol. The van der Waals surface area contributed by atoms with Gasteiger partial charge in [0.05, 0.1) is 18.5 Å². The van der Waals surface area contributed by atoms with Crippen molar-refractivity contribution in [1.82, 2.24) is 14.6 Å². The molecule has 0 unspecified atom stereocenters. The van der Waals surface area contributed by atoms with Crippen molar-refractivity contribution in [3.63, 3.8) is 0 Å². The second kappa shape index (κ2) is 5.36. The maximum Gasteiger partial charge on any atom is 0.343 e. The Kier molecular flexibility index (Phi) is 3.39. The van der Waals surface area contributed by atoms with Gasteiger partial charge in [0.25, 0.3) is 0 Å². The summed E-state index contributed by atoms with van der Waals surface area (Å²) in [6, 6.07) is 9.95. The van der Waals surface area contributed by atoms with Crippen LogP contribution >= 0.6 is 0 Å². The van der Waals surface area contributed by atoms with E-state index in [4.69, 9.17) is 4.74 Å². The normalized spacial score (nSPS) is 10.8. The third kappa shape index (κ3) is 2.50. The number of nitrogens with zero attached hydrogens (tertiary/aromatic N) is 3. The number of aryl methyl sites for hydroxylation is 1. The van der Waals surface area contributed by atoms with Crippen LogP contribution in [0, 0.1) is 6.92 Å². The number of carbonyl (C=O) groups excluding carboxylic acids is 1. The van der Waals surface area contributed by atoms with Crippen molar-refractivity contribution < 1.29 is 9.53 Å². The van der Waals surface area contributed by atoms with Crippen molar-refractivity contribution in [3.05, 3.63) is 53.9 Å². The van der Waals surface area contributed by atoms with Crippen LogP contribution < -0.4 is 0 Å². The number of ether oxygens (including phenoxy) is 1. The molecule has 106 valence electrons. The van der Waals surface area contributed by atoms with Gasteiger partial charge in [-0.15, -0.1) is 0 Å². The summed E-state index contributed by atoms with van der Waals surface area (Å²) in [5.41, 5.74) is 3.88. The zero-order chi connectivity index (χ0) is 14.8. The molecule has 0 amide bonds. The molecule has 0 aliphatic carbocycles. The van der Waals surface area contributed by atoms with Crippen molar-refractivity contribution >= 4 is 11.6 Å². The second-order valence-corrected chi connectivity index (χ2v) is 4.73. The van der Waals surface area contributed by atoms with Crippen molar-refractivity contribution in [1.29, 1.82) is 0 Å². The summed E-state index contributed by atoms with van der Waals surface area (Å²) in [6.45, 7) is 4.14. The molecular weight excluding hydrogens is 266 g/mol. The molecule has 0 aliphatic rings. The van der Waals surface area contributed by atoms with Gasteiger partial charge in [-0.25, -0.2) is 14.3 Å². The van der Waals surface area contributed by atoms with Gasteiger partial charge in [-0.1, -0.05) is 29.8 Å². The van der Waals surface area contributed by atoms with Crippen LogP contribution in [-0.2, 0) is 4.74 Å². The molecule has 5 nitrogen and oxygen atoms in total. The number of hydrogen-bond donors (Lipinski definition) is 0. The van der Waals surface area contributed by atoms with E-state index in [9.17, 15) is 4.79 Å². The van der Waals surface area contributed by atoms with E-state index >= 15 is 0 Å². The molecule has 3 aromatic rings. The molecule has 0 N–H and O–H groups in total. The van der Waals surface area contributed by atoms with Crippen LogP contribution in [0.5, 0.6) is 0 Å². The fourth-order valence-corrected chi connectivity index (χ4v) is 2.11. The molecule has 5 heteroatoms. The van der Waals surface area contributed by atoms with E-state index in [0.29, 0.717) is 17.8 Å². The SMILES string of the molecule is CCOC(=O)c1cnn2ccc(-c3ccc(C)cc3)nc12. The molecule has 0 aliphatic heterocycles. The number of hydrogen-bond acceptors (Lipinski definition) is 4. The number of esters is 1. The Morgan fingerprint density at radius 3 is 2.71 bits per heavy atom. The Hall–Kier alpha value is -2.69. The first-order valence-electron chi connectivity index (χ1n) is 6.77. The van der Waals surface area contributed by atoms with E-state index in [1.807, 2.05) is 37.3 Å². The standard InChI is InChI=1S/C16H15N3O2/c1-3-21-16(20)13-10-17-19-9-8-14(18-15(13)19)12-6-4-11(2)5-7-12/h4-10H,3H2,1-2H3. The Labute approximate surface area is 122 Å². The van der Waals surface area contributed by atoms with Gasteiger partial charge < -0.3 is 4.74 Å². The summed E-state index contributed by atoms with van der Waals surface area (Å²) in [5.74, 6) is -0.402. The number of rotatable bonds is 3. The van der Waals surface area contributed by atoms with Crippen molar-refractivity contribution in [2.24, 2.45) is 0 Å². The summed E-state index contributed by atoms with van der Waals surface area (Å²) < 4.78 is 6.60. The van der Waals surface area contributed by atoms with Gasteiger partial charge in [-0.3, -0.25) is 0 Å². The maximum absolute atomic E-state index is 11.9. The first-order chi connectivity index (χ1) is 10.2. The molecule has 1 aromatic carbocycles. The van der Waals surface area contributed by atoms with Gasteiger partial charge in [-0.2, -0.15) is 5.10 Å². The largest absolute Gasteiger partial charge is 0.462 e. The van der Waals surface area contributed by atoms with E-state index < -0.39 is 5.97 Å². The minimum Gasteiger partial charge on any atom is -0.462 e. The summed E-state index contributed by atoms with van der Waals surface area (Å²) in [4.78, 5) is 16.4. The first-order valence-corrected chi connectivity index (χ1v) is 6.77. The van der Waals surface area contributed by atoms with Gasteiger partial charge >= 0.3 is 5.97 Å². The van der Waals surface area contributed by atoms with Crippen LogP contribution in [0.2, 0.25) is 0 Å². The molecule has 0 bridgehead atoms. The van der Waals surface area contributed by atoms with Crippen LogP contribution in [0.1, 0.15) is 22.8 Å². The Bertz CT molecular complexity index is 791. The Balaban J connectivity index is 2.08. The lowest BCUT2D eigenvalue weighted by atomic mass is 10.1. The van der Waals surface area contributed by atoms with E-state index in [-0.39, 0.29) is 0 Å². The molecule has 0 saturated heterocycles. The number of benzene rings is 1. The molecule has 2 aromatic heterocycles. The monoisotopic (exact) mass is 281 g/mol. The Morgan fingerprint density at radius 1 is 1.24 bits per heavy atom. The number of carbonyl (C=O) groups is 1. The van der Waals surface area contributed by atoms with Gasteiger partial charge in [0, 0.05) is 11.8 Å². The fraction of sp³-hybridized carbons (Fsp3) is 0.188. The highest BCUT2D eigenvalue weighted by molar-refractivity contribution is 5.95. The van der Waals surface area contributed by atoms with E-state index in [2.05, 4.69) is 10.1 Å². The van der Waals surface area contributed by atoms with Crippen molar-refractivity contribution in [2.45, 2.75) is 13.8 Å². The first kappa shape index (κ1) is 13.3. The summed E-state index contributed by atoms with van der Waals surface area (Å²) in [6.07, 6.45) is 3.28. The molecule has 21 heavy (non-hydrogen) atoms. The molecule has 0 saturated carbocycles. The highest BCUT2D eigenvalue weighted by atomic mass is 16.5. The van der Waals surface area contributed by atoms with E-state index in [0.717, 1.165) is 11.3 Å². The third-order valence-corrected chi connectivity index (χ3v) is 3.21. The molecule has 3 rings (SSSR count). The van der Waals surface area contributed by atoms with Gasteiger partial charge in [0.15, 0.2) is 5.65 Å². The number of fused-ring (bicyclic) bond motifs is 1. The average Bonchev–Trinajstić information content (AvgIpc) is 2.91. The summed E-state index contributed by atoms with van der Waals surface area (Å²) in [7, 11) is 0. The van der Waals surface area contributed by atoms with Crippen LogP contribution in [-0.4, -0.2) is 27.2 Å². The van der Waals surface area contributed by atoms with Crippen molar-refractivity contribution in [3.8, 4) is 11.3 Å². The van der Waals surface area contributed by atoms with Crippen molar-refractivity contribution in [2.75, 3.05) is 6.61 Å². The van der Waals surface area contributed by atoms with Crippen LogP contribution in [0.3, 0.4) is 0 Å². The minimum atomic E-state index is -0.402. The molecule has 0 radical (unpaired) electrons. The fourth-order valence-electron chi connectivity index (χ4n) is 2.11. The minimum absolute atomic E-state index is 0.327. The lowest BCUT2D eigenvalue weighted by Gasteiger charge is -2.03. The lowest BCUT2D eigenvalue weighted by molar-refractivity contribution is 0.0528. The summed E-state index contributed by atoms with van der Waals surface area (Å²) in [5, 5.41) is 4.12. The summed E-state index contributed by atoms with van der Waals surface area (Å²) >= 11 is 0. The lowest BCUT2D eigenvalue weighted by Crippen LogP contribution is -2.05. The van der Waals surface area contributed by atoms with E-state index in [1.165, 1.54) is 11.8 Å². The molecular formula is C16H15N3O2. The second-order valence-electron chi connectivity index (χ2n) is 4.73. The third-order valence-electron chi connectivity index (χ3n) is 3.21. The van der Waals surface area contributed by atoms with E-state index in [1.54, 1.807) is 17.6 Å². The molecule has 0 atom stereocenters. The highest BCUT2D eigenvalue weighted by Crippen LogP contribution is 2.19. The maximum atomic E-state index is 11.9. The van der Waals surface area contributed by atoms with Crippen LogP contribution in [0.15, 0.2) is 42.7 Å². The number of aromatic nitrogens is 3. The van der Waals surface area contributed by atoms with Gasteiger partial charge in [-0.05, 0) is 19.9 Å². The highest BCUT2D eigenvalue weighted by Gasteiger charge is 2.15. The van der Waals surface area contributed by atoms with Gasteiger partial charge in [0.2, 0.25) is 0 Å². The quantitative estimate of drug-likeness (QED) is 0.693. The predicted molar refractivity (Wildman–Crippen MR) is 79.1 cm³/mol. The topological polar surface area (TPSA) is 56.5 Å². The zero-order valence-electron chi connectivity index (χ0n) is 11.9. The van der Waals surface area contributed by atoms with Crippen LogP contribution in [0.25, 0.3) is 16.9 Å². The smallest absolute Gasteiger partial charge is 0.343 e. The molecule has 2 heterocycles. The zero-order valence-corrected chi connectivity index (χ0v) is 11.9. The van der Waals surface area contributed by atoms with Crippen LogP contribution in [0.4, 0.5) is 0 Å². The Morgan fingerprint density at radius 2 is 2.00 bits per heavy atom. The van der Waals surface area contributed by atoms with Gasteiger partial charge in [0.1, 0.15) is 5.56 Å². The molecule has 0 spiro atoms.